The highest BCUT2D eigenvalue weighted by Gasteiger charge is 2.33. The number of hydrogen-bond donors (Lipinski definition) is 1. The van der Waals surface area contributed by atoms with Crippen molar-refractivity contribution < 1.29 is 9.94 Å². The first-order valence-corrected chi connectivity index (χ1v) is 9.49. The predicted octanol–water partition coefficient (Wildman–Crippen LogP) is 5.15. The highest BCUT2D eigenvalue weighted by molar-refractivity contribution is 5.22. The molecule has 0 bridgehead atoms. The van der Waals surface area contributed by atoms with Crippen LogP contribution in [0, 0.1) is 5.92 Å². The van der Waals surface area contributed by atoms with Gasteiger partial charge in [-0.25, -0.2) is 0 Å². The van der Waals surface area contributed by atoms with Gasteiger partial charge < -0.3 is 5.11 Å². The first-order valence-electron chi connectivity index (χ1n) is 9.49. The van der Waals surface area contributed by atoms with Gasteiger partial charge in [0.05, 0.1) is 19.3 Å². The topological polar surface area (TPSA) is 32.7 Å². The van der Waals surface area contributed by atoms with E-state index in [2.05, 4.69) is 82.1 Å². The maximum absolute atomic E-state index is 9.16. The molecular weight excluding hydrogens is 322 g/mol. The van der Waals surface area contributed by atoms with E-state index in [4.69, 9.17) is 9.94 Å². The summed E-state index contributed by atoms with van der Waals surface area (Å²) in [6.07, 6.45) is 0.845. The van der Waals surface area contributed by atoms with Gasteiger partial charge in [0.1, 0.15) is 0 Å². The van der Waals surface area contributed by atoms with E-state index in [1.165, 1.54) is 11.1 Å². The molecular formula is C23H33NO2. The average molecular weight is 356 g/mol. The summed E-state index contributed by atoms with van der Waals surface area (Å²) in [6.45, 7) is 11.8. The zero-order chi connectivity index (χ0) is 19.2. The standard InChI is InChI=1S/C23H33NO2/c1-18(2)22(21-9-7-6-8-10-21)24(23(3,4)5)26-16-15-19-11-13-20(17-25)14-12-19/h6-14,18,22,25H,15-17H2,1-5H3. The van der Waals surface area contributed by atoms with Crippen LogP contribution < -0.4 is 0 Å². The van der Waals surface area contributed by atoms with Gasteiger partial charge in [-0.05, 0) is 49.8 Å². The van der Waals surface area contributed by atoms with Crippen molar-refractivity contribution in [2.75, 3.05) is 6.61 Å². The summed E-state index contributed by atoms with van der Waals surface area (Å²) < 4.78 is 0. The van der Waals surface area contributed by atoms with Crippen molar-refractivity contribution in [1.29, 1.82) is 0 Å². The monoisotopic (exact) mass is 355 g/mol. The molecule has 2 rings (SSSR count). The maximum atomic E-state index is 9.16. The molecule has 26 heavy (non-hydrogen) atoms. The Morgan fingerprint density at radius 2 is 1.50 bits per heavy atom. The van der Waals surface area contributed by atoms with Crippen molar-refractivity contribution in [3.8, 4) is 0 Å². The molecule has 1 N–H and O–H groups in total. The molecule has 0 saturated carbocycles. The molecule has 3 nitrogen and oxygen atoms in total. The minimum Gasteiger partial charge on any atom is -0.392 e. The fraction of sp³-hybridized carbons (Fsp3) is 0.478. The van der Waals surface area contributed by atoms with Gasteiger partial charge in [-0.2, -0.15) is 5.06 Å². The second-order valence-corrected chi connectivity index (χ2v) is 8.15. The van der Waals surface area contributed by atoms with Gasteiger partial charge in [-0.3, -0.25) is 4.84 Å². The molecule has 0 saturated heterocycles. The van der Waals surface area contributed by atoms with Crippen LogP contribution in [0.3, 0.4) is 0 Å². The third kappa shape index (κ3) is 5.66. The number of aliphatic hydroxyl groups excluding tert-OH is 1. The summed E-state index contributed by atoms with van der Waals surface area (Å²) >= 11 is 0. The Morgan fingerprint density at radius 1 is 0.923 bits per heavy atom. The van der Waals surface area contributed by atoms with Crippen LogP contribution >= 0.6 is 0 Å². The Hall–Kier alpha value is -1.68. The van der Waals surface area contributed by atoms with E-state index >= 15 is 0 Å². The van der Waals surface area contributed by atoms with Crippen molar-refractivity contribution in [3.63, 3.8) is 0 Å². The van der Waals surface area contributed by atoms with Crippen LogP contribution in [0.1, 0.15) is 57.4 Å². The minimum absolute atomic E-state index is 0.0850. The van der Waals surface area contributed by atoms with Crippen molar-refractivity contribution in [1.82, 2.24) is 5.06 Å². The first kappa shape index (κ1) is 20.6. The number of benzene rings is 2. The van der Waals surface area contributed by atoms with Crippen molar-refractivity contribution in [2.45, 2.75) is 59.2 Å². The predicted molar refractivity (Wildman–Crippen MR) is 108 cm³/mol. The van der Waals surface area contributed by atoms with E-state index in [0.29, 0.717) is 12.5 Å². The summed E-state index contributed by atoms with van der Waals surface area (Å²) in [7, 11) is 0. The molecule has 2 aromatic rings. The van der Waals surface area contributed by atoms with Crippen LogP contribution in [0.2, 0.25) is 0 Å². The Morgan fingerprint density at radius 3 is 2.00 bits per heavy atom. The van der Waals surface area contributed by atoms with E-state index in [0.717, 1.165) is 12.0 Å². The molecule has 0 amide bonds. The fourth-order valence-electron chi connectivity index (χ4n) is 3.21. The van der Waals surface area contributed by atoms with Crippen molar-refractivity contribution >= 4 is 0 Å². The number of rotatable bonds is 8. The van der Waals surface area contributed by atoms with Crippen molar-refractivity contribution in [2.24, 2.45) is 5.92 Å². The molecule has 0 aromatic heterocycles. The molecule has 0 aliphatic heterocycles. The van der Waals surface area contributed by atoms with Gasteiger partial charge in [0.15, 0.2) is 0 Å². The van der Waals surface area contributed by atoms with Crippen LogP contribution in [0.25, 0.3) is 0 Å². The van der Waals surface area contributed by atoms with Gasteiger partial charge in [0.25, 0.3) is 0 Å². The van der Waals surface area contributed by atoms with Crippen LogP contribution in [-0.2, 0) is 17.9 Å². The fourth-order valence-corrected chi connectivity index (χ4v) is 3.21. The Bertz CT molecular complexity index is 644. The van der Waals surface area contributed by atoms with Gasteiger partial charge >= 0.3 is 0 Å². The zero-order valence-electron chi connectivity index (χ0n) is 16.8. The van der Waals surface area contributed by atoms with Gasteiger partial charge in [0, 0.05) is 5.54 Å². The molecule has 0 aliphatic carbocycles. The number of hydrogen-bond acceptors (Lipinski definition) is 3. The van der Waals surface area contributed by atoms with Gasteiger partial charge in [-0.1, -0.05) is 68.4 Å². The highest BCUT2D eigenvalue weighted by atomic mass is 16.7. The Balaban J connectivity index is 2.10. The van der Waals surface area contributed by atoms with E-state index in [1.54, 1.807) is 0 Å². The molecule has 3 heteroatoms. The van der Waals surface area contributed by atoms with Crippen molar-refractivity contribution in [3.05, 3.63) is 71.3 Å². The molecule has 0 heterocycles. The second kappa shape index (κ2) is 9.31. The normalized spacial score (nSPS) is 13.4. The highest BCUT2D eigenvalue weighted by Crippen LogP contribution is 2.34. The summed E-state index contributed by atoms with van der Waals surface area (Å²) in [5, 5.41) is 11.3. The summed E-state index contributed by atoms with van der Waals surface area (Å²) in [5.41, 5.74) is 3.34. The number of nitrogens with zero attached hydrogens (tertiary/aromatic N) is 1. The maximum Gasteiger partial charge on any atom is 0.0726 e. The molecule has 0 radical (unpaired) electrons. The molecule has 0 fully saturated rings. The number of hydroxylamine groups is 2. The first-order chi connectivity index (χ1) is 12.3. The zero-order valence-corrected chi connectivity index (χ0v) is 16.8. The summed E-state index contributed by atoms with van der Waals surface area (Å²) in [4.78, 5) is 6.33. The van der Waals surface area contributed by atoms with Crippen LogP contribution in [0.4, 0.5) is 0 Å². The number of aliphatic hydroxyl groups is 1. The smallest absolute Gasteiger partial charge is 0.0726 e. The van der Waals surface area contributed by atoms with Crippen LogP contribution in [0.15, 0.2) is 54.6 Å². The van der Waals surface area contributed by atoms with E-state index in [-0.39, 0.29) is 18.2 Å². The molecule has 2 aromatic carbocycles. The van der Waals surface area contributed by atoms with E-state index < -0.39 is 0 Å². The van der Waals surface area contributed by atoms with E-state index in [1.807, 2.05) is 12.1 Å². The lowest BCUT2D eigenvalue weighted by molar-refractivity contribution is -0.245. The molecule has 0 aliphatic rings. The van der Waals surface area contributed by atoms with Gasteiger partial charge in [0.2, 0.25) is 0 Å². The Labute approximate surface area is 158 Å². The third-order valence-electron chi connectivity index (χ3n) is 4.51. The quantitative estimate of drug-likeness (QED) is 0.665. The lowest BCUT2D eigenvalue weighted by Gasteiger charge is -2.42. The third-order valence-corrected chi connectivity index (χ3v) is 4.51. The lowest BCUT2D eigenvalue weighted by atomic mass is 9.92. The van der Waals surface area contributed by atoms with Gasteiger partial charge in [-0.15, -0.1) is 0 Å². The largest absolute Gasteiger partial charge is 0.392 e. The molecule has 1 atom stereocenters. The summed E-state index contributed by atoms with van der Waals surface area (Å²) in [5.74, 6) is 0.431. The van der Waals surface area contributed by atoms with Crippen LogP contribution in [-0.4, -0.2) is 22.3 Å². The molecule has 0 spiro atoms. The molecule has 142 valence electrons. The Kier molecular flexibility index (Phi) is 7.39. The molecule has 1 unspecified atom stereocenters. The van der Waals surface area contributed by atoms with Crippen LogP contribution in [0.5, 0.6) is 0 Å². The second-order valence-electron chi connectivity index (χ2n) is 8.15. The average Bonchev–Trinajstić information content (AvgIpc) is 2.61. The minimum atomic E-state index is -0.106. The SMILES string of the molecule is CC(C)C(c1ccccc1)N(OCCc1ccc(CO)cc1)C(C)(C)C. The van der Waals surface area contributed by atoms with E-state index in [9.17, 15) is 0 Å². The lowest BCUT2D eigenvalue weighted by Crippen LogP contribution is -2.45. The summed E-state index contributed by atoms with van der Waals surface area (Å²) in [6, 6.07) is 18.9.